The van der Waals surface area contributed by atoms with Gasteiger partial charge >= 0.3 is 6.18 Å². The molecule has 1 aromatic heterocycles. The lowest BCUT2D eigenvalue weighted by Gasteiger charge is -2.31. The molecule has 1 aliphatic rings. The summed E-state index contributed by atoms with van der Waals surface area (Å²) in [5, 5.41) is 25.6. The molecule has 4 N–H and O–H groups in total. The van der Waals surface area contributed by atoms with E-state index in [2.05, 4.69) is 15.6 Å². The molecule has 1 aromatic carbocycles. The molecular weight excluding hydrogens is 402 g/mol. The number of rotatable bonds is 4. The van der Waals surface area contributed by atoms with Gasteiger partial charge in [-0.05, 0) is 29.6 Å². The van der Waals surface area contributed by atoms with Gasteiger partial charge in [0, 0.05) is 12.1 Å². The van der Waals surface area contributed by atoms with Crippen LogP contribution < -0.4 is 10.6 Å². The van der Waals surface area contributed by atoms with E-state index in [0.29, 0.717) is 23.1 Å². The molecule has 6 nitrogen and oxygen atoms in total. The summed E-state index contributed by atoms with van der Waals surface area (Å²) in [6, 6.07) is 5.03. The van der Waals surface area contributed by atoms with Crippen LogP contribution in [-0.4, -0.2) is 22.3 Å². The van der Waals surface area contributed by atoms with Gasteiger partial charge in [0.25, 0.3) is 5.91 Å². The second-order valence-electron chi connectivity index (χ2n) is 5.79. The van der Waals surface area contributed by atoms with Gasteiger partial charge in [-0.15, -0.1) is 11.3 Å². The summed E-state index contributed by atoms with van der Waals surface area (Å²) in [4.78, 5) is 17.1. The quantitative estimate of drug-likeness (QED) is 0.577. The first-order valence-electron chi connectivity index (χ1n) is 7.77. The van der Waals surface area contributed by atoms with Crippen molar-refractivity contribution in [3.05, 3.63) is 69.2 Å². The van der Waals surface area contributed by atoms with Crippen molar-refractivity contribution < 1.29 is 32.6 Å². The van der Waals surface area contributed by atoms with Crippen LogP contribution in [0.25, 0.3) is 0 Å². The molecule has 0 spiro atoms. The van der Waals surface area contributed by atoms with Crippen LogP contribution in [0.4, 0.5) is 17.6 Å². The number of hydrogen-bond acceptors (Lipinski definition) is 6. The number of halogens is 4. The number of amides is 1. The van der Waals surface area contributed by atoms with Crippen LogP contribution in [-0.2, 0) is 23.2 Å². The number of nitrogens with zero attached hydrogens (tertiary/aromatic N) is 1. The van der Waals surface area contributed by atoms with Crippen molar-refractivity contribution in [1.29, 1.82) is 0 Å². The first-order chi connectivity index (χ1) is 13.1. The van der Waals surface area contributed by atoms with E-state index in [1.807, 2.05) is 0 Å². The standard InChI is InChI=1S/C17H13F4N3O3S/c18-11-4-3-10(17(19,20)21)6-9(11)7-22-15(27)16(13-2-1-5-28-13)23-8-12(25)14(26)24-16/h1-6,8,24-26H,7H2,(H,22,27). The Morgan fingerprint density at radius 1 is 1.29 bits per heavy atom. The first-order valence-corrected chi connectivity index (χ1v) is 8.65. The molecule has 0 saturated carbocycles. The van der Waals surface area contributed by atoms with Crippen molar-refractivity contribution in [2.24, 2.45) is 4.99 Å². The summed E-state index contributed by atoms with van der Waals surface area (Å²) < 4.78 is 52.4. The number of aliphatic imine (C=N–C) groups is 1. The molecule has 1 aliphatic heterocycles. The fourth-order valence-corrected chi connectivity index (χ4v) is 3.34. The highest BCUT2D eigenvalue weighted by Crippen LogP contribution is 2.32. The van der Waals surface area contributed by atoms with Crippen LogP contribution in [0.2, 0.25) is 0 Å². The van der Waals surface area contributed by atoms with E-state index in [1.54, 1.807) is 11.4 Å². The lowest BCUT2D eigenvalue weighted by molar-refractivity contribution is -0.137. The smallest absolute Gasteiger partial charge is 0.416 e. The van der Waals surface area contributed by atoms with Gasteiger partial charge in [0.1, 0.15) is 5.82 Å². The van der Waals surface area contributed by atoms with E-state index in [1.165, 1.54) is 6.07 Å². The van der Waals surface area contributed by atoms with Gasteiger partial charge in [-0.2, -0.15) is 13.2 Å². The van der Waals surface area contributed by atoms with E-state index < -0.39 is 47.3 Å². The molecule has 0 radical (unpaired) electrons. The maximum absolute atomic E-state index is 13.9. The Labute approximate surface area is 159 Å². The van der Waals surface area contributed by atoms with Gasteiger partial charge in [-0.3, -0.25) is 4.79 Å². The Balaban J connectivity index is 1.86. The summed E-state index contributed by atoms with van der Waals surface area (Å²) >= 11 is 1.12. The molecule has 0 fully saturated rings. The predicted octanol–water partition coefficient (Wildman–Crippen LogP) is 3.33. The van der Waals surface area contributed by atoms with Crippen LogP contribution >= 0.6 is 11.3 Å². The highest BCUT2D eigenvalue weighted by atomic mass is 32.1. The predicted molar refractivity (Wildman–Crippen MR) is 93.2 cm³/mol. The number of carbonyl (C=O) groups excluding carboxylic acids is 1. The molecule has 28 heavy (non-hydrogen) atoms. The van der Waals surface area contributed by atoms with E-state index in [0.717, 1.165) is 17.6 Å². The fourth-order valence-electron chi connectivity index (χ4n) is 2.51. The second kappa shape index (κ2) is 7.15. The van der Waals surface area contributed by atoms with Crippen LogP contribution in [0, 0.1) is 5.82 Å². The summed E-state index contributed by atoms with van der Waals surface area (Å²) in [6.45, 7) is -0.546. The molecule has 11 heteroatoms. The van der Waals surface area contributed by atoms with Crippen molar-refractivity contribution in [2.45, 2.75) is 18.4 Å². The maximum atomic E-state index is 13.9. The lowest BCUT2D eigenvalue weighted by atomic mass is 10.1. The topological polar surface area (TPSA) is 94.0 Å². The molecule has 1 atom stereocenters. The minimum Gasteiger partial charge on any atom is -0.502 e. The molecular formula is C17H13F4N3O3S. The average Bonchev–Trinajstić information content (AvgIpc) is 3.17. The van der Waals surface area contributed by atoms with Gasteiger partial charge in [0.05, 0.1) is 16.7 Å². The number of nitrogens with one attached hydrogen (secondary N) is 2. The Bertz CT molecular complexity index is 957. The molecule has 2 aromatic rings. The number of carbonyl (C=O) groups is 1. The van der Waals surface area contributed by atoms with Crippen molar-refractivity contribution in [1.82, 2.24) is 10.6 Å². The zero-order chi connectivity index (χ0) is 20.5. The Morgan fingerprint density at radius 3 is 2.64 bits per heavy atom. The van der Waals surface area contributed by atoms with Crippen LogP contribution in [0.15, 0.2) is 52.3 Å². The largest absolute Gasteiger partial charge is 0.502 e. The van der Waals surface area contributed by atoms with Gasteiger partial charge in [0.2, 0.25) is 11.5 Å². The first kappa shape index (κ1) is 19.7. The molecule has 2 heterocycles. The lowest BCUT2D eigenvalue weighted by Crippen LogP contribution is -2.54. The molecule has 1 amide bonds. The summed E-state index contributed by atoms with van der Waals surface area (Å²) in [6.07, 6.45) is -3.79. The Morgan fingerprint density at radius 2 is 2.04 bits per heavy atom. The van der Waals surface area contributed by atoms with Crippen molar-refractivity contribution in [3.63, 3.8) is 0 Å². The highest BCUT2D eigenvalue weighted by molar-refractivity contribution is 7.10. The molecule has 148 valence electrons. The number of benzene rings is 1. The van der Waals surface area contributed by atoms with E-state index in [9.17, 15) is 32.6 Å². The van der Waals surface area contributed by atoms with E-state index in [4.69, 9.17) is 0 Å². The fraction of sp³-hybridized carbons (Fsp3) is 0.176. The maximum Gasteiger partial charge on any atom is 0.416 e. The number of aliphatic hydroxyl groups is 2. The number of alkyl halides is 3. The number of allylic oxidation sites excluding steroid dienone is 1. The molecule has 3 rings (SSSR count). The third-order valence-corrected chi connectivity index (χ3v) is 4.92. The van der Waals surface area contributed by atoms with Gasteiger partial charge < -0.3 is 20.8 Å². The van der Waals surface area contributed by atoms with Crippen LogP contribution in [0.1, 0.15) is 16.0 Å². The zero-order valence-electron chi connectivity index (χ0n) is 13.9. The normalized spacial score (nSPS) is 19.4. The highest BCUT2D eigenvalue weighted by Gasteiger charge is 2.44. The van der Waals surface area contributed by atoms with Gasteiger partial charge in [-0.1, -0.05) is 6.07 Å². The van der Waals surface area contributed by atoms with Crippen molar-refractivity contribution >= 4 is 23.5 Å². The molecule has 0 bridgehead atoms. The molecule has 0 saturated heterocycles. The molecule has 0 aliphatic carbocycles. The van der Waals surface area contributed by atoms with Gasteiger partial charge in [0.15, 0.2) is 5.76 Å². The Kier molecular flexibility index (Phi) is 5.02. The number of hydrogen-bond donors (Lipinski definition) is 4. The monoisotopic (exact) mass is 415 g/mol. The van der Waals surface area contributed by atoms with Crippen molar-refractivity contribution in [3.8, 4) is 0 Å². The third-order valence-electron chi connectivity index (χ3n) is 3.94. The van der Waals surface area contributed by atoms with Crippen LogP contribution in [0.5, 0.6) is 0 Å². The second-order valence-corrected chi connectivity index (χ2v) is 6.74. The number of thiophene rings is 1. The van der Waals surface area contributed by atoms with E-state index >= 15 is 0 Å². The summed E-state index contributed by atoms with van der Waals surface area (Å²) in [7, 11) is 0. The van der Waals surface area contributed by atoms with E-state index in [-0.39, 0.29) is 5.56 Å². The van der Waals surface area contributed by atoms with Crippen LogP contribution in [0.3, 0.4) is 0 Å². The zero-order valence-corrected chi connectivity index (χ0v) is 14.7. The van der Waals surface area contributed by atoms with Gasteiger partial charge in [-0.25, -0.2) is 9.38 Å². The third kappa shape index (κ3) is 3.65. The SMILES string of the molecule is O=C(NCc1cc(C(F)(F)F)ccc1F)C1(c2cccs2)N=CC(O)=C(O)N1. The summed E-state index contributed by atoms with van der Waals surface area (Å²) in [5.74, 6) is -3.08. The average molecular weight is 415 g/mol. The molecule has 1 unspecified atom stereocenters. The minimum absolute atomic E-state index is 0.338. The van der Waals surface area contributed by atoms with Crippen molar-refractivity contribution in [2.75, 3.05) is 0 Å². The minimum atomic E-state index is -4.66. The number of aliphatic hydroxyl groups excluding tert-OH is 2. The summed E-state index contributed by atoms with van der Waals surface area (Å²) in [5.41, 5.74) is -3.28. The Hall–Kier alpha value is -3.08.